The molecule has 2 heterocycles. The number of rotatable bonds is 5. The van der Waals surface area contributed by atoms with Crippen LogP contribution in [0.5, 0.6) is 5.88 Å². The summed E-state index contributed by atoms with van der Waals surface area (Å²) in [7, 11) is 0. The number of benzene rings is 1. The number of pyridine rings is 1. The molecule has 0 radical (unpaired) electrons. The summed E-state index contributed by atoms with van der Waals surface area (Å²) in [4.78, 5) is 32.1. The molecule has 1 aromatic heterocycles. The van der Waals surface area contributed by atoms with Crippen LogP contribution in [0, 0.1) is 5.82 Å². The minimum absolute atomic E-state index is 0.0499. The van der Waals surface area contributed by atoms with E-state index >= 15 is 0 Å². The standard InChI is InChI=1S/C19H18F3N3O3/c20-14-4-1-3-13(11-14)18(26)24-7-9-25(10-8-24)19(27)15-5-2-6-17(23-15)28-12-16(21)22/h1-6,11,16H,7-10,12H2. The summed E-state index contributed by atoms with van der Waals surface area (Å²) in [5, 5.41) is 0. The van der Waals surface area contributed by atoms with Crippen LogP contribution in [0.2, 0.25) is 0 Å². The summed E-state index contributed by atoms with van der Waals surface area (Å²) >= 11 is 0. The predicted molar refractivity (Wildman–Crippen MR) is 93.9 cm³/mol. The summed E-state index contributed by atoms with van der Waals surface area (Å²) in [6.45, 7) is 0.351. The summed E-state index contributed by atoms with van der Waals surface area (Å²) in [5.41, 5.74) is 0.335. The Morgan fingerprint density at radius 1 is 1.00 bits per heavy atom. The van der Waals surface area contributed by atoms with E-state index in [0.717, 1.165) is 0 Å². The number of ether oxygens (including phenoxy) is 1. The molecule has 1 aliphatic heterocycles. The Labute approximate surface area is 159 Å². The van der Waals surface area contributed by atoms with Gasteiger partial charge in [-0.15, -0.1) is 0 Å². The number of carbonyl (C=O) groups is 2. The maximum absolute atomic E-state index is 13.3. The normalized spacial score (nSPS) is 14.3. The van der Waals surface area contributed by atoms with Gasteiger partial charge < -0.3 is 14.5 Å². The Kier molecular flexibility index (Phi) is 6.13. The third kappa shape index (κ3) is 4.79. The Morgan fingerprint density at radius 3 is 2.29 bits per heavy atom. The average Bonchev–Trinajstić information content (AvgIpc) is 2.71. The molecule has 2 amide bonds. The molecule has 0 bridgehead atoms. The lowest BCUT2D eigenvalue weighted by atomic mass is 10.1. The molecule has 0 N–H and O–H groups in total. The molecule has 2 aromatic rings. The molecule has 0 aliphatic carbocycles. The first kappa shape index (κ1) is 19.7. The van der Waals surface area contributed by atoms with Crippen molar-refractivity contribution < 1.29 is 27.5 Å². The SMILES string of the molecule is O=C(c1cccc(F)c1)N1CCN(C(=O)c2cccc(OCC(F)F)n2)CC1. The van der Waals surface area contributed by atoms with Crippen LogP contribution in [0.1, 0.15) is 20.8 Å². The van der Waals surface area contributed by atoms with Crippen LogP contribution in [-0.2, 0) is 0 Å². The van der Waals surface area contributed by atoms with E-state index in [9.17, 15) is 22.8 Å². The number of nitrogens with zero attached hydrogens (tertiary/aromatic N) is 3. The zero-order valence-electron chi connectivity index (χ0n) is 14.9. The summed E-state index contributed by atoms with van der Waals surface area (Å²) in [5.74, 6) is -1.21. The number of aromatic nitrogens is 1. The molecular formula is C19H18F3N3O3. The highest BCUT2D eigenvalue weighted by Crippen LogP contribution is 2.14. The first-order chi connectivity index (χ1) is 13.4. The largest absolute Gasteiger partial charge is 0.472 e. The van der Waals surface area contributed by atoms with Crippen molar-refractivity contribution in [2.24, 2.45) is 0 Å². The molecule has 1 aromatic carbocycles. The number of hydrogen-bond acceptors (Lipinski definition) is 4. The van der Waals surface area contributed by atoms with Crippen molar-refractivity contribution in [2.45, 2.75) is 6.43 Å². The molecule has 0 saturated carbocycles. The Morgan fingerprint density at radius 2 is 1.64 bits per heavy atom. The van der Waals surface area contributed by atoms with Gasteiger partial charge in [-0.3, -0.25) is 9.59 Å². The zero-order valence-corrected chi connectivity index (χ0v) is 14.9. The van der Waals surface area contributed by atoms with Crippen LogP contribution < -0.4 is 4.74 Å². The second kappa shape index (κ2) is 8.73. The average molecular weight is 393 g/mol. The van der Waals surface area contributed by atoms with Gasteiger partial charge in [0.15, 0.2) is 6.61 Å². The third-order valence-electron chi connectivity index (χ3n) is 4.23. The van der Waals surface area contributed by atoms with E-state index in [2.05, 4.69) is 4.98 Å². The third-order valence-corrected chi connectivity index (χ3v) is 4.23. The fourth-order valence-electron chi connectivity index (χ4n) is 2.84. The quantitative estimate of drug-likeness (QED) is 0.783. The second-order valence-corrected chi connectivity index (χ2v) is 6.16. The summed E-state index contributed by atoms with van der Waals surface area (Å²) in [6.07, 6.45) is -2.63. The van der Waals surface area contributed by atoms with Gasteiger partial charge in [0.05, 0.1) is 0 Å². The molecule has 148 valence electrons. The van der Waals surface area contributed by atoms with E-state index < -0.39 is 18.8 Å². The highest BCUT2D eigenvalue weighted by atomic mass is 19.3. The second-order valence-electron chi connectivity index (χ2n) is 6.16. The highest BCUT2D eigenvalue weighted by Gasteiger charge is 2.26. The van der Waals surface area contributed by atoms with Crippen molar-refractivity contribution in [2.75, 3.05) is 32.8 Å². The van der Waals surface area contributed by atoms with Gasteiger partial charge in [0.25, 0.3) is 18.2 Å². The molecule has 0 atom stereocenters. The number of carbonyl (C=O) groups excluding carboxylic acids is 2. The molecule has 3 rings (SSSR count). The first-order valence-electron chi connectivity index (χ1n) is 8.66. The number of amides is 2. The Balaban J connectivity index is 1.59. The fraction of sp³-hybridized carbons (Fsp3) is 0.316. The van der Waals surface area contributed by atoms with Gasteiger partial charge in [-0.05, 0) is 24.3 Å². The topological polar surface area (TPSA) is 62.7 Å². The van der Waals surface area contributed by atoms with Crippen LogP contribution in [0.4, 0.5) is 13.2 Å². The van der Waals surface area contributed by atoms with Gasteiger partial charge in [-0.25, -0.2) is 18.2 Å². The lowest BCUT2D eigenvalue weighted by Crippen LogP contribution is -2.50. The minimum atomic E-state index is -2.63. The van der Waals surface area contributed by atoms with Crippen molar-refractivity contribution >= 4 is 11.8 Å². The van der Waals surface area contributed by atoms with Crippen LogP contribution >= 0.6 is 0 Å². The van der Waals surface area contributed by atoms with Crippen molar-refractivity contribution in [3.63, 3.8) is 0 Å². The van der Waals surface area contributed by atoms with Crippen molar-refractivity contribution in [1.82, 2.24) is 14.8 Å². The molecule has 1 saturated heterocycles. The van der Waals surface area contributed by atoms with Gasteiger partial charge in [-0.1, -0.05) is 12.1 Å². The Hall–Kier alpha value is -3.10. The first-order valence-corrected chi connectivity index (χ1v) is 8.66. The van der Waals surface area contributed by atoms with E-state index in [4.69, 9.17) is 4.74 Å². The smallest absolute Gasteiger partial charge is 0.272 e. The van der Waals surface area contributed by atoms with Gasteiger partial charge in [0, 0.05) is 37.8 Å². The minimum Gasteiger partial charge on any atom is -0.472 e. The van der Waals surface area contributed by atoms with E-state index in [1.165, 1.54) is 47.4 Å². The highest BCUT2D eigenvalue weighted by molar-refractivity contribution is 5.95. The molecule has 9 heteroatoms. The van der Waals surface area contributed by atoms with E-state index in [1.807, 2.05) is 0 Å². The maximum atomic E-state index is 13.3. The van der Waals surface area contributed by atoms with Crippen LogP contribution in [0.15, 0.2) is 42.5 Å². The lowest BCUT2D eigenvalue weighted by Gasteiger charge is -2.34. The maximum Gasteiger partial charge on any atom is 0.272 e. The lowest BCUT2D eigenvalue weighted by molar-refractivity contribution is 0.0530. The van der Waals surface area contributed by atoms with E-state index in [-0.39, 0.29) is 42.0 Å². The molecule has 0 spiro atoms. The number of hydrogen-bond donors (Lipinski definition) is 0. The van der Waals surface area contributed by atoms with Crippen molar-refractivity contribution in [3.8, 4) is 5.88 Å². The number of piperazine rings is 1. The van der Waals surface area contributed by atoms with Gasteiger partial charge in [-0.2, -0.15) is 0 Å². The molecule has 6 nitrogen and oxygen atoms in total. The van der Waals surface area contributed by atoms with Gasteiger partial charge >= 0.3 is 0 Å². The van der Waals surface area contributed by atoms with Crippen LogP contribution in [-0.4, -0.2) is 65.8 Å². The fourth-order valence-corrected chi connectivity index (χ4v) is 2.84. The molecule has 1 aliphatic rings. The Bertz CT molecular complexity index is 855. The number of alkyl halides is 2. The van der Waals surface area contributed by atoms with Crippen molar-refractivity contribution in [1.29, 1.82) is 0 Å². The van der Waals surface area contributed by atoms with Gasteiger partial charge in [0.1, 0.15) is 11.5 Å². The van der Waals surface area contributed by atoms with Crippen LogP contribution in [0.3, 0.4) is 0 Å². The zero-order chi connectivity index (χ0) is 20.1. The van der Waals surface area contributed by atoms with Crippen LogP contribution in [0.25, 0.3) is 0 Å². The molecular weight excluding hydrogens is 375 g/mol. The molecule has 28 heavy (non-hydrogen) atoms. The molecule has 0 unspecified atom stereocenters. The van der Waals surface area contributed by atoms with E-state index in [1.54, 1.807) is 4.90 Å². The molecule has 1 fully saturated rings. The number of halogens is 3. The summed E-state index contributed by atoms with van der Waals surface area (Å²) < 4.78 is 42.6. The predicted octanol–water partition coefficient (Wildman–Crippen LogP) is 2.46. The van der Waals surface area contributed by atoms with Gasteiger partial charge in [0.2, 0.25) is 5.88 Å². The van der Waals surface area contributed by atoms with Crippen molar-refractivity contribution in [3.05, 3.63) is 59.5 Å². The summed E-state index contributed by atoms with van der Waals surface area (Å²) in [6, 6.07) is 9.82. The monoisotopic (exact) mass is 393 g/mol. The van der Waals surface area contributed by atoms with E-state index in [0.29, 0.717) is 13.1 Å².